The molecule has 0 amide bonds. The Kier molecular flexibility index (Phi) is 60.3. The van der Waals surface area contributed by atoms with Crippen molar-refractivity contribution in [1.29, 1.82) is 0 Å². The Morgan fingerprint density at radius 1 is 0.280 bits per heavy atom. The summed E-state index contributed by atoms with van der Waals surface area (Å²) in [6, 6.07) is 0. The second-order valence-electron chi connectivity index (χ2n) is 21.3. The van der Waals surface area contributed by atoms with Crippen LogP contribution in [0.2, 0.25) is 0 Å². The number of allylic oxidation sites excluding steroid dienone is 14. The highest BCUT2D eigenvalue weighted by Crippen LogP contribution is 2.16. The molecule has 0 saturated carbocycles. The van der Waals surface area contributed by atoms with E-state index in [1.807, 2.05) is 0 Å². The van der Waals surface area contributed by atoms with Crippen LogP contribution >= 0.6 is 0 Å². The van der Waals surface area contributed by atoms with Gasteiger partial charge in [0.2, 0.25) is 0 Å². The van der Waals surface area contributed by atoms with Crippen LogP contribution in [0.1, 0.15) is 316 Å². The molecule has 0 aliphatic carbocycles. The van der Waals surface area contributed by atoms with Gasteiger partial charge in [0, 0.05) is 19.3 Å². The van der Waals surface area contributed by atoms with Crippen molar-refractivity contribution < 1.29 is 28.6 Å². The molecule has 0 aromatic rings. The lowest BCUT2D eigenvalue weighted by Crippen LogP contribution is -2.30. The highest BCUT2D eigenvalue weighted by Gasteiger charge is 2.19. The molecule has 0 aliphatic heterocycles. The fraction of sp³-hybridized carbons (Fsp3) is 0.754. The molecule has 0 heterocycles. The minimum atomic E-state index is -0.781. The molecule has 432 valence electrons. The fourth-order valence-electron chi connectivity index (χ4n) is 9.09. The zero-order chi connectivity index (χ0) is 54.3. The first-order valence-electron chi connectivity index (χ1n) is 32.1. The molecular weight excluding hydrogens is 925 g/mol. The summed E-state index contributed by atoms with van der Waals surface area (Å²) in [5.74, 6) is -0.874. The Morgan fingerprint density at radius 2 is 0.520 bits per heavy atom. The van der Waals surface area contributed by atoms with E-state index in [1.165, 1.54) is 173 Å². The van der Waals surface area contributed by atoms with Crippen molar-refractivity contribution in [2.75, 3.05) is 13.2 Å². The average Bonchev–Trinajstić information content (AvgIpc) is 3.41. The second kappa shape index (κ2) is 63.1. The van der Waals surface area contributed by atoms with Crippen LogP contribution in [0.3, 0.4) is 0 Å². The lowest BCUT2D eigenvalue weighted by molar-refractivity contribution is -0.167. The maximum atomic E-state index is 12.9. The van der Waals surface area contributed by atoms with Gasteiger partial charge < -0.3 is 14.2 Å². The van der Waals surface area contributed by atoms with Gasteiger partial charge >= 0.3 is 17.9 Å². The zero-order valence-electron chi connectivity index (χ0n) is 49.6. The molecule has 1 unspecified atom stereocenters. The molecule has 0 aliphatic rings. The zero-order valence-corrected chi connectivity index (χ0v) is 49.6. The van der Waals surface area contributed by atoms with Crippen LogP contribution < -0.4 is 0 Å². The van der Waals surface area contributed by atoms with E-state index in [0.29, 0.717) is 19.3 Å². The van der Waals surface area contributed by atoms with Crippen molar-refractivity contribution in [1.82, 2.24) is 0 Å². The summed E-state index contributed by atoms with van der Waals surface area (Å²) in [4.78, 5) is 38.3. The van der Waals surface area contributed by atoms with Gasteiger partial charge in [-0.05, 0) is 96.3 Å². The first-order chi connectivity index (χ1) is 37.0. The highest BCUT2D eigenvalue weighted by molar-refractivity contribution is 5.71. The van der Waals surface area contributed by atoms with Crippen LogP contribution in [0.4, 0.5) is 0 Å². The van der Waals surface area contributed by atoms with Crippen molar-refractivity contribution >= 4 is 17.9 Å². The Bertz CT molecular complexity index is 1430. The average molecular weight is 1050 g/mol. The maximum absolute atomic E-state index is 12.9. The van der Waals surface area contributed by atoms with Gasteiger partial charge in [-0.15, -0.1) is 0 Å². The molecule has 0 aromatic heterocycles. The van der Waals surface area contributed by atoms with E-state index in [2.05, 4.69) is 106 Å². The third kappa shape index (κ3) is 61.3. The lowest BCUT2D eigenvalue weighted by Gasteiger charge is -2.18. The molecule has 0 aromatic carbocycles. The number of unbranched alkanes of at least 4 members (excludes halogenated alkanes) is 33. The van der Waals surface area contributed by atoms with Crippen molar-refractivity contribution in [3.63, 3.8) is 0 Å². The molecule has 0 N–H and O–H groups in total. The summed E-state index contributed by atoms with van der Waals surface area (Å²) >= 11 is 0. The van der Waals surface area contributed by atoms with Gasteiger partial charge in [0.05, 0.1) is 0 Å². The van der Waals surface area contributed by atoms with Crippen LogP contribution in [0, 0.1) is 0 Å². The Balaban J connectivity index is 4.33. The molecule has 0 rings (SSSR count). The van der Waals surface area contributed by atoms with Gasteiger partial charge in [-0.2, -0.15) is 0 Å². The fourth-order valence-corrected chi connectivity index (χ4v) is 9.09. The number of esters is 3. The summed E-state index contributed by atoms with van der Waals surface area (Å²) in [5.41, 5.74) is 0. The summed E-state index contributed by atoms with van der Waals surface area (Å²) in [5, 5.41) is 0. The summed E-state index contributed by atoms with van der Waals surface area (Å²) in [6.07, 6.45) is 82.9. The van der Waals surface area contributed by atoms with E-state index in [0.717, 1.165) is 103 Å². The van der Waals surface area contributed by atoms with Crippen LogP contribution in [0.15, 0.2) is 85.1 Å². The third-order valence-corrected chi connectivity index (χ3v) is 13.9. The maximum Gasteiger partial charge on any atom is 0.306 e. The summed E-state index contributed by atoms with van der Waals surface area (Å²) in [6.45, 7) is 6.53. The van der Waals surface area contributed by atoms with Crippen LogP contribution in [0.25, 0.3) is 0 Å². The molecule has 0 saturated heterocycles. The molecule has 0 fully saturated rings. The van der Waals surface area contributed by atoms with Crippen LogP contribution in [-0.4, -0.2) is 37.2 Å². The van der Waals surface area contributed by atoms with Crippen molar-refractivity contribution in [2.45, 2.75) is 322 Å². The van der Waals surface area contributed by atoms with Gasteiger partial charge in [0.1, 0.15) is 13.2 Å². The number of carbonyl (C=O) groups is 3. The van der Waals surface area contributed by atoms with Gasteiger partial charge in [-0.1, -0.05) is 286 Å². The topological polar surface area (TPSA) is 78.9 Å². The molecule has 0 spiro atoms. The minimum absolute atomic E-state index is 0.0769. The second-order valence-corrected chi connectivity index (χ2v) is 21.3. The van der Waals surface area contributed by atoms with Gasteiger partial charge in [0.25, 0.3) is 0 Å². The molecular formula is C69H120O6. The normalized spacial score (nSPS) is 12.6. The number of ether oxygens (including phenoxy) is 3. The van der Waals surface area contributed by atoms with E-state index >= 15 is 0 Å². The molecule has 1 atom stereocenters. The highest BCUT2D eigenvalue weighted by atomic mass is 16.6. The predicted octanol–water partition coefficient (Wildman–Crippen LogP) is 21.9. The van der Waals surface area contributed by atoms with E-state index < -0.39 is 6.10 Å². The smallest absolute Gasteiger partial charge is 0.306 e. The van der Waals surface area contributed by atoms with Crippen molar-refractivity contribution in [3.05, 3.63) is 85.1 Å². The number of hydrogen-bond donors (Lipinski definition) is 0. The summed E-state index contributed by atoms with van der Waals surface area (Å²) in [7, 11) is 0. The first kappa shape index (κ1) is 71.6. The predicted molar refractivity (Wildman–Crippen MR) is 325 cm³/mol. The number of rotatable bonds is 58. The van der Waals surface area contributed by atoms with E-state index in [4.69, 9.17) is 14.2 Å². The van der Waals surface area contributed by atoms with E-state index in [9.17, 15) is 14.4 Å². The summed E-state index contributed by atoms with van der Waals surface area (Å²) < 4.78 is 16.9. The quantitative estimate of drug-likeness (QED) is 0.0261. The monoisotopic (exact) mass is 1040 g/mol. The lowest BCUT2D eigenvalue weighted by atomic mass is 10.0. The Labute approximate surface area is 465 Å². The van der Waals surface area contributed by atoms with Crippen molar-refractivity contribution in [2.24, 2.45) is 0 Å². The molecule has 0 bridgehead atoms. The minimum Gasteiger partial charge on any atom is -0.462 e. The largest absolute Gasteiger partial charge is 0.462 e. The third-order valence-electron chi connectivity index (χ3n) is 13.9. The van der Waals surface area contributed by atoms with Crippen LogP contribution in [0.5, 0.6) is 0 Å². The van der Waals surface area contributed by atoms with Gasteiger partial charge in [-0.3, -0.25) is 14.4 Å². The van der Waals surface area contributed by atoms with E-state index in [1.54, 1.807) is 0 Å². The molecule has 75 heavy (non-hydrogen) atoms. The van der Waals surface area contributed by atoms with Crippen LogP contribution in [-0.2, 0) is 28.6 Å². The van der Waals surface area contributed by atoms with Crippen molar-refractivity contribution in [3.8, 4) is 0 Å². The molecule has 6 nitrogen and oxygen atoms in total. The van der Waals surface area contributed by atoms with E-state index in [-0.39, 0.29) is 31.1 Å². The molecule has 0 radical (unpaired) electrons. The SMILES string of the molecule is CC/C=C\C/C=C\C/C=C\C/C=C\C/C=C\CCCCCCCCCCCC(=O)OCC(COC(=O)CCCCCCCCCCCCCCC)OC(=O)CCCCCCCCCCC/C=C\C/C=C\CCCCC. The molecule has 6 heteroatoms. The first-order valence-corrected chi connectivity index (χ1v) is 32.1. The Hall–Kier alpha value is -3.41. The van der Waals surface area contributed by atoms with Gasteiger partial charge in [0.15, 0.2) is 6.10 Å². The standard InChI is InChI=1S/C69H120O6/c1-4-7-10-13-16-19-22-25-27-29-31-32-33-34-35-36-38-39-41-44-47-50-53-56-59-62-68(71)74-65-66(64-73-67(70)61-58-55-52-49-46-43-24-21-18-15-12-9-6-3)75-69(72)63-60-57-54-51-48-45-42-40-37-30-28-26-23-20-17-14-11-8-5-2/h7,10,16-17,19-20,25-28,31-32,34-35,66H,4-6,8-9,11-15,18,21-24,29-30,33,36-65H2,1-3H3/b10-7-,19-16-,20-17-,27-25-,28-26-,32-31-,35-34-. The number of carbonyl (C=O) groups excluding carboxylic acids is 3. The van der Waals surface area contributed by atoms with Gasteiger partial charge in [-0.25, -0.2) is 0 Å². The number of hydrogen-bond acceptors (Lipinski definition) is 6. The Morgan fingerprint density at radius 3 is 0.840 bits per heavy atom.